The standard InChI is InChI=1S/C17H10ClN3O2/c18-14-4-2-1-3-12(14)16-17-11(7-8-19-16)13-9-10(21(22)23)5-6-15(13)20-17/h1-9,20H. The Labute approximate surface area is 135 Å². The molecule has 2 aromatic heterocycles. The number of nitro groups is 1. The number of nitrogens with zero attached hydrogens (tertiary/aromatic N) is 2. The SMILES string of the molecule is O=[N+]([O-])c1ccc2[nH]c3c(-c4ccccc4Cl)nccc3c2c1. The van der Waals surface area contributed by atoms with E-state index in [0.29, 0.717) is 5.02 Å². The molecule has 0 atom stereocenters. The maximum atomic E-state index is 11.0. The molecule has 0 aliphatic carbocycles. The van der Waals surface area contributed by atoms with Crippen LogP contribution in [0.2, 0.25) is 5.02 Å². The Morgan fingerprint density at radius 1 is 1.09 bits per heavy atom. The predicted molar refractivity (Wildman–Crippen MR) is 90.7 cm³/mol. The number of hydrogen-bond donors (Lipinski definition) is 1. The Hall–Kier alpha value is -2.92. The molecule has 0 amide bonds. The Morgan fingerprint density at radius 2 is 1.91 bits per heavy atom. The molecule has 0 radical (unpaired) electrons. The van der Waals surface area contributed by atoms with Crippen LogP contribution in [0.4, 0.5) is 5.69 Å². The number of benzene rings is 2. The van der Waals surface area contributed by atoms with E-state index in [4.69, 9.17) is 11.6 Å². The van der Waals surface area contributed by atoms with Crippen LogP contribution in [-0.2, 0) is 0 Å². The quantitative estimate of drug-likeness (QED) is 0.419. The summed E-state index contributed by atoms with van der Waals surface area (Å²) in [6.07, 6.45) is 1.69. The summed E-state index contributed by atoms with van der Waals surface area (Å²) in [5, 5.41) is 13.3. The molecule has 2 aromatic carbocycles. The maximum Gasteiger partial charge on any atom is 0.270 e. The predicted octanol–water partition coefficient (Wildman–Crippen LogP) is 4.94. The lowest BCUT2D eigenvalue weighted by Gasteiger charge is -2.04. The van der Waals surface area contributed by atoms with Crippen molar-refractivity contribution in [1.82, 2.24) is 9.97 Å². The summed E-state index contributed by atoms with van der Waals surface area (Å²) < 4.78 is 0. The second-order valence-electron chi connectivity index (χ2n) is 5.17. The first-order valence-corrected chi connectivity index (χ1v) is 7.32. The lowest BCUT2D eigenvalue weighted by Crippen LogP contribution is -1.86. The van der Waals surface area contributed by atoms with Crippen LogP contribution < -0.4 is 0 Å². The van der Waals surface area contributed by atoms with Gasteiger partial charge in [0.1, 0.15) is 0 Å². The lowest BCUT2D eigenvalue weighted by atomic mass is 10.1. The smallest absolute Gasteiger partial charge is 0.270 e. The molecule has 0 aliphatic heterocycles. The first kappa shape index (κ1) is 13.7. The zero-order chi connectivity index (χ0) is 16.0. The van der Waals surface area contributed by atoms with Crippen LogP contribution in [0.25, 0.3) is 33.1 Å². The minimum absolute atomic E-state index is 0.0644. The van der Waals surface area contributed by atoms with Gasteiger partial charge in [-0.1, -0.05) is 29.8 Å². The van der Waals surface area contributed by atoms with Crippen LogP contribution in [0.5, 0.6) is 0 Å². The molecule has 4 rings (SSSR count). The number of non-ortho nitro benzene ring substituents is 1. The van der Waals surface area contributed by atoms with Gasteiger partial charge >= 0.3 is 0 Å². The topological polar surface area (TPSA) is 71.8 Å². The van der Waals surface area contributed by atoms with Gasteiger partial charge in [-0.15, -0.1) is 0 Å². The lowest BCUT2D eigenvalue weighted by molar-refractivity contribution is -0.384. The van der Waals surface area contributed by atoms with Crippen LogP contribution in [0.3, 0.4) is 0 Å². The van der Waals surface area contributed by atoms with Gasteiger partial charge in [-0.3, -0.25) is 15.1 Å². The Morgan fingerprint density at radius 3 is 2.70 bits per heavy atom. The largest absolute Gasteiger partial charge is 0.353 e. The van der Waals surface area contributed by atoms with Crippen LogP contribution in [0.15, 0.2) is 54.7 Å². The molecule has 1 N–H and O–H groups in total. The molecule has 0 saturated heterocycles. The van der Waals surface area contributed by atoms with Gasteiger partial charge in [-0.2, -0.15) is 0 Å². The highest BCUT2D eigenvalue weighted by Gasteiger charge is 2.15. The summed E-state index contributed by atoms with van der Waals surface area (Å²) in [5.74, 6) is 0. The molecular weight excluding hydrogens is 314 g/mol. The molecule has 23 heavy (non-hydrogen) atoms. The molecule has 6 heteroatoms. The number of rotatable bonds is 2. The fourth-order valence-electron chi connectivity index (χ4n) is 2.78. The first-order chi connectivity index (χ1) is 11.1. The summed E-state index contributed by atoms with van der Waals surface area (Å²) in [6, 6.07) is 14.1. The van der Waals surface area contributed by atoms with E-state index in [-0.39, 0.29) is 5.69 Å². The van der Waals surface area contributed by atoms with Crippen molar-refractivity contribution in [2.75, 3.05) is 0 Å². The maximum absolute atomic E-state index is 11.0. The number of hydrogen-bond acceptors (Lipinski definition) is 3. The summed E-state index contributed by atoms with van der Waals surface area (Å²) in [5.41, 5.74) is 3.25. The monoisotopic (exact) mass is 323 g/mol. The number of pyridine rings is 1. The van der Waals surface area contributed by atoms with Gasteiger partial charge in [0.15, 0.2) is 0 Å². The van der Waals surface area contributed by atoms with E-state index >= 15 is 0 Å². The molecular formula is C17H10ClN3O2. The molecule has 2 heterocycles. The summed E-state index contributed by atoms with van der Waals surface area (Å²) >= 11 is 6.28. The average Bonchev–Trinajstić information content (AvgIpc) is 2.93. The number of H-pyrrole nitrogens is 1. The fraction of sp³-hybridized carbons (Fsp3) is 0. The van der Waals surface area contributed by atoms with E-state index < -0.39 is 4.92 Å². The molecule has 112 valence electrons. The zero-order valence-corrected chi connectivity index (χ0v) is 12.5. The van der Waals surface area contributed by atoms with Crippen molar-refractivity contribution in [3.63, 3.8) is 0 Å². The molecule has 0 bridgehead atoms. The van der Waals surface area contributed by atoms with Gasteiger partial charge in [0, 0.05) is 40.2 Å². The molecule has 0 aliphatic rings. The molecule has 0 spiro atoms. The van der Waals surface area contributed by atoms with Crippen molar-refractivity contribution < 1.29 is 4.92 Å². The van der Waals surface area contributed by atoms with Gasteiger partial charge in [0.25, 0.3) is 5.69 Å². The van der Waals surface area contributed by atoms with Crippen molar-refractivity contribution in [3.8, 4) is 11.3 Å². The summed E-state index contributed by atoms with van der Waals surface area (Å²) in [7, 11) is 0. The Kier molecular flexibility index (Phi) is 3.02. The van der Waals surface area contributed by atoms with Crippen molar-refractivity contribution >= 4 is 39.1 Å². The highest BCUT2D eigenvalue weighted by atomic mass is 35.5. The number of aromatic nitrogens is 2. The number of nitro benzene ring substituents is 1. The molecule has 0 fully saturated rings. The second-order valence-corrected chi connectivity index (χ2v) is 5.58. The number of nitrogens with one attached hydrogen (secondary N) is 1. The van der Waals surface area contributed by atoms with E-state index in [0.717, 1.165) is 33.1 Å². The van der Waals surface area contributed by atoms with Crippen LogP contribution in [-0.4, -0.2) is 14.9 Å². The highest BCUT2D eigenvalue weighted by Crippen LogP contribution is 2.35. The summed E-state index contributed by atoms with van der Waals surface area (Å²) in [4.78, 5) is 18.3. The fourth-order valence-corrected chi connectivity index (χ4v) is 3.01. The van der Waals surface area contributed by atoms with Gasteiger partial charge < -0.3 is 4.98 Å². The first-order valence-electron chi connectivity index (χ1n) is 6.95. The van der Waals surface area contributed by atoms with E-state index in [1.54, 1.807) is 18.3 Å². The van der Waals surface area contributed by atoms with Crippen LogP contribution in [0.1, 0.15) is 0 Å². The van der Waals surface area contributed by atoms with E-state index in [9.17, 15) is 10.1 Å². The molecule has 4 aromatic rings. The highest BCUT2D eigenvalue weighted by molar-refractivity contribution is 6.33. The second kappa shape index (κ2) is 5.07. The van der Waals surface area contributed by atoms with E-state index in [2.05, 4.69) is 9.97 Å². The Bertz CT molecular complexity index is 1070. The minimum Gasteiger partial charge on any atom is -0.353 e. The van der Waals surface area contributed by atoms with Crippen LogP contribution >= 0.6 is 11.6 Å². The summed E-state index contributed by atoms with van der Waals surface area (Å²) in [6.45, 7) is 0. The molecule has 5 nitrogen and oxygen atoms in total. The van der Waals surface area contributed by atoms with Gasteiger partial charge in [-0.25, -0.2) is 0 Å². The van der Waals surface area contributed by atoms with Crippen molar-refractivity contribution in [3.05, 3.63) is 69.9 Å². The van der Waals surface area contributed by atoms with Crippen molar-refractivity contribution in [2.45, 2.75) is 0 Å². The third kappa shape index (κ3) is 2.13. The third-order valence-electron chi connectivity index (χ3n) is 3.84. The molecule has 0 saturated carbocycles. The minimum atomic E-state index is -0.394. The van der Waals surface area contributed by atoms with Crippen molar-refractivity contribution in [2.24, 2.45) is 0 Å². The molecule has 0 unspecified atom stereocenters. The number of halogens is 1. The van der Waals surface area contributed by atoms with Gasteiger partial charge in [0.05, 0.1) is 21.2 Å². The Balaban J connectivity index is 2.07. The van der Waals surface area contributed by atoms with E-state index in [1.807, 2.05) is 30.3 Å². The van der Waals surface area contributed by atoms with Crippen LogP contribution in [0, 0.1) is 10.1 Å². The average molecular weight is 324 g/mol. The third-order valence-corrected chi connectivity index (χ3v) is 4.17. The van der Waals surface area contributed by atoms with Crippen molar-refractivity contribution in [1.29, 1.82) is 0 Å². The van der Waals surface area contributed by atoms with Gasteiger partial charge in [-0.05, 0) is 18.2 Å². The number of fused-ring (bicyclic) bond motifs is 3. The van der Waals surface area contributed by atoms with Gasteiger partial charge in [0.2, 0.25) is 0 Å². The van der Waals surface area contributed by atoms with E-state index in [1.165, 1.54) is 6.07 Å². The normalized spacial score (nSPS) is 11.2. The number of aromatic amines is 1. The zero-order valence-electron chi connectivity index (χ0n) is 11.8.